The summed E-state index contributed by atoms with van der Waals surface area (Å²) in [6.45, 7) is 5.10. The van der Waals surface area contributed by atoms with Crippen molar-refractivity contribution in [1.29, 1.82) is 0 Å². The lowest BCUT2D eigenvalue weighted by Gasteiger charge is -2.17. The van der Waals surface area contributed by atoms with E-state index < -0.39 is 17.9 Å². The quantitative estimate of drug-likeness (QED) is 0.878. The van der Waals surface area contributed by atoms with Gasteiger partial charge in [-0.1, -0.05) is 13.8 Å². The molecule has 2 rings (SSSR count). The minimum atomic E-state index is -1.09. The third kappa shape index (κ3) is 2.74. The first-order chi connectivity index (χ1) is 10.2. The number of hydrogen-bond donors (Lipinski definition) is 2. The van der Waals surface area contributed by atoms with Crippen molar-refractivity contribution >= 4 is 33.4 Å². The van der Waals surface area contributed by atoms with E-state index in [-0.39, 0.29) is 11.5 Å². The first-order valence-corrected chi connectivity index (χ1v) is 7.54. The van der Waals surface area contributed by atoms with Gasteiger partial charge in [0.1, 0.15) is 10.9 Å². The normalized spacial score (nSPS) is 12.6. The van der Waals surface area contributed by atoms with Gasteiger partial charge in [-0.3, -0.25) is 9.59 Å². The molecule has 1 amide bonds. The van der Waals surface area contributed by atoms with Crippen molar-refractivity contribution < 1.29 is 14.7 Å². The van der Waals surface area contributed by atoms with E-state index in [0.29, 0.717) is 20.7 Å². The van der Waals surface area contributed by atoms with Crippen molar-refractivity contribution in [1.82, 2.24) is 14.9 Å². The average Bonchev–Trinajstić information content (AvgIpc) is 2.77. The molecule has 8 heteroatoms. The molecule has 118 valence electrons. The molecule has 0 saturated carbocycles. The molecule has 1 atom stereocenters. The topological polar surface area (TPSA) is 101 Å². The maximum Gasteiger partial charge on any atom is 0.326 e. The molecule has 2 N–H and O–H groups in total. The fourth-order valence-electron chi connectivity index (χ4n) is 2.15. The molecule has 0 bridgehead atoms. The molecule has 0 spiro atoms. The Bertz CT molecular complexity index is 806. The van der Waals surface area contributed by atoms with E-state index in [9.17, 15) is 14.4 Å². The lowest BCUT2D eigenvalue weighted by molar-refractivity contribution is -0.140. The Kier molecular flexibility index (Phi) is 4.32. The van der Waals surface area contributed by atoms with Gasteiger partial charge in [0, 0.05) is 7.05 Å². The number of hydrogen-bond acceptors (Lipinski definition) is 5. The van der Waals surface area contributed by atoms with Gasteiger partial charge >= 0.3 is 5.97 Å². The van der Waals surface area contributed by atoms with Crippen LogP contribution in [-0.4, -0.2) is 32.6 Å². The van der Waals surface area contributed by atoms with Crippen molar-refractivity contribution in [2.75, 3.05) is 0 Å². The molecule has 0 aliphatic carbocycles. The summed E-state index contributed by atoms with van der Waals surface area (Å²) in [6.07, 6.45) is 1.40. The van der Waals surface area contributed by atoms with Crippen molar-refractivity contribution in [3.05, 3.63) is 27.1 Å². The van der Waals surface area contributed by atoms with E-state index in [0.717, 1.165) is 11.3 Å². The molecule has 0 aliphatic rings. The van der Waals surface area contributed by atoms with Gasteiger partial charge in [0.25, 0.3) is 11.5 Å². The van der Waals surface area contributed by atoms with Crippen molar-refractivity contribution in [2.24, 2.45) is 13.0 Å². The predicted octanol–water partition coefficient (Wildman–Crippen LogP) is 1.14. The summed E-state index contributed by atoms with van der Waals surface area (Å²) in [4.78, 5) is 40.6. The minimum absolute atomic E-state index is 0.226. The second-order valence-corrected chi connectivity index (χ2v) is 6.43. The monoisotopic (exact) mass is 323 g/mol. The molecule has 2 aromatic rings. The second-order valence-electron chi connectivity index (χ2n) is 5.43. The predicted molar refractivity (Wildman–Crippen MR) is 83.3 cm³/mol. The van der Waals surface area contributed by atoms with Gasteiger partial charge in [0.15, 0.2) is 0 Å². The zero-order chi connectivity index (χ0) is 16.6. The molecule has 2 aromatic heterocycles. The molecular formula is C14H17N3O4S. The first kappa shape index (κ1) is 16.2. The largest absolute Gasteiger partial charge is 0.480 e. The van der Waals surface area contributed by atoms with E-state index in [2.05, 4.69) is 10.3 Å². The van der Waals surface area contributed by atoms with E-state index in [1.54, 1.807) is 27.8 Å². The number of carboxylic acid groups (broad SMARTS) is 1. The van der Waals surface area contributed by atoms with Crippen molar-refractivity contribution in [3.63, 3.8) is 0 Å². The highest BCUT2D eigenvalue weighted by atomic mass is 32.1. The number of aromatic nitrogens is 2. The van der Waals surface area contributed by atoms with Crippen LogP contribution in [0, 0.1) is 12.8 Å². The van der Waals surface area contributed by atoms with Gasteiger partial charge in [-0.2, -0.15) is 0 Å². The summed E-state index contributed by atoms with van der Waals surface area (Å²) < 4.78 is 1.35. The number of carboxylic acids is 1. The van der Waals surface area contributed by atoms with Crippen LogP contribution in [0.15, 0.2) is 11.1 Å². The zero-order valence-electron chi connectivity index (χ0n) is 12.7. The fraction of sp³-hybridized carbons (Fsp3) is 0.429. The van der Waals surface area contributed by atoms with Crippen LogP contribution in [0.4, 0.5) is 0 Å². The molecule has 22 heavy (non-hydrogen) atoms. The minimum Gasteiger partial charge on any atom is -0.480 e. The highest BCUT2D eigenvalue weighted by molar-refractivity contribution is 7.20. The van der Waals surface area contributed by atoms with Gasteiger partial charge in [-0.25, -0.2) is 9.78 Å². The third-order valence-corrected chi connectivity index (χ3v) is 4.63. The summed E-state index contributed by atoms with van der Waals surface area (Å²) in [5.74, 6) is -1.83. The lowest BCUT2D eigenvalue weighted by Crippen LogP contribution is -2.44. The number of carbonyl (C=O) groups excluding carboxylic acids is 1. The molecule has 0 aromatic carbocycles. The molecule has 0 saturated heterocycles. The summed E-state index contributed by atoms with van der Waals surface area (Å²) in [5, 5.41) is 12.1. The fourth-order valence-corrected chi connectivity index (χ4v) is 3.19. The van der Waals surface area contributed by atoms with Crippen LogP contribution < -0.4 is 10.9 Å². The van der Waals surface area contributed by atoms with Gasteiger partial charge in [-0.05, 0) is 18.4 Å². The summed E-state index contributed by atoms with van der Waals surface area (Å²) >= 11 is 1.09. The van der Waals surface area contributed by atoms with Crippen LogP contribution in [0.3, 0.4) is 0 Å². The average molecular weight is 323 g/mol. The molecule has 0 fully saturated rings. The van der Waals surface area contributed by atoms with E-state index in [4.69, 9.17) is 5.11 Å². The van der Waals surface area contributed by atoms with Crippen LogP contribution in [0.1, 0.15) is 29.1 Å². The number of thiophene rings is 1. The standard InChI is InChI=1S/C14H17N3O4S/c1-6(2)9(14(20)21)16-11(18)10-7(3)8-12(22-10)15-5-17(4)13(8)19/h5-6,9H,1-4H3,(H,16,18)(H,20,21). The van der Waals surface area contributed by atoms with E-state index >= 15 is 0 Å². The smallest absolute Gasteiger partial charge is 0.326 e. The van der Waals surface area contributed by atoms with Gasteiger partial charge in [0.2, 0.25) is 0 Å². The SMILES string of the molecule is Cc1c(C(=O)NC(C(=O)O)C(C)C)sc2ncn(C)c(=O)c12. The van der Waals surface area contributed by atoms with Crippen LogP contribution in [-0.2, 0) is 11.8 Å². The van der Waals surface area contributed by atoms with Crippen molar-refractivity contribution in [3.8, 4) is 0 Å². The van der Waals surface area contributed by atoms with Crippen LogP contribution >= 0.6 is 11.3 Å². The molecule has 1 unspecified atom stereocenters. The number of aryl methyl sites for hydroxylation is 2. The van der Waals surface area contributed by atoms with E-state index in [1.807, 2.05) is 0 Å². The highest BCUT2D eigenvalue weighted by Gasteiger charge is 2.26. The van der Waals surface area contributed by atoms with Crippen LogP contribution in [0.5, 0.6) is 0 Å². The highest BCUT2D eigenvalue weighted by Crippen LogP contribution is 2.26. The number of carbonyl (C=O) groups is 2. The molecule has 2 heterocycles. The zero-order valence-corrected chi connectivity index (χ0v) is 13.5. The van der Waals surface area contributed by atoms with E-state index in [1.165, 1.54) is 10.9 Å². The number of aliphatic carboxylic acids is 1. The van der Waals surface area contributed by atoms with Crippen LogP contribution in [0.25, 0.3) is 10.2 Å². The molecule has 0 radical (unpaired) electrons. The summed E-state index contributed by atoms with van der Waals surface area (Å²) in [5.41, 5.74) is 0.301. The maximum atomic E-state index is 12.4. The van der Waals surface area contributed by atoms with Gasteiger partial charge < -0.3 is 15.0 Å². The summed E-state index contributed by atoms with van der Waals surface area (Å²) in [6, 6.07) is -0.979. The number of rotatable bonds is 4. The van der Waals surface area contributed by atoms with Crippen LogP contribution in [0.2, 0.25) is 0 Å². The number of amides is 1. The Morgan fingerprint density at radius 1 is 1.41 bits per heavy atom. The Morgan fingerprint density at radius 3 is 2.59 bits per heavy atom. The Morgan fingerprint density at radius 2 is 2.05 bits per heavy atom. The first-order valence-electron chi connectivity index (χ1n) is 6.72. The lowest BCUT2D eigenvalue weighted by atomic mass is 10.0. The number of fused-ring (bicyclic) bond motifs is 1. The molecule has 0 aliphatic heterocycles. The Labute approximate surface area is 130 Å². The second kappa shape index (κ2) is 5.88. The summed E-state index contributed by atoms with van der Waals surface area (Å²) in [7, 11) is 1.59. The van der Waals surface area contributed by atoms with Gasteiger partial charge in [-0.15, -0.1) is 11.3 Å². The maximum absolute atomic E-state index is 12.4. The number of nitrogens with one attached hydrogen (secondary N) is 1. The third-order valence-electron chi connectivity index (χ3n) is 3.44. The molecule has 7 nitrogen and oxygen atoms in total. The molecular weight excluding hydrogens is 306 g/mol. The van der Waals surface area contributed by atoms with Crippen molar-refractivity contribution in [2.45, 2.75) is 26.8 Å². The van der Waals surface area contributed by atoms with Gasteiger partial charge in [0.05, 0.1) is 16.6 Å². The number of nitrogens with zero attached hydrogens (tertiary/aromatic N) is 2. The Hall–Kier alpha value is -2.22. The Balaban J connectivity index is 2.45.